The number of piperidine rings is 1. The van der Waals surface area contributed by atoms with Crippen LogP contribution in [0.5, 0.6) is 0 Å². The van der Waals surface area contributed by atoms with Gasteiger partial charge in [-0.1, -0.05) is 0 Å². The minimum atomic E-state index is 0.0295. The second kappa shape index (κ2) is 4.10. The summed E-state index contributed by atoms with van der Waals surface area (Å²) >= 11 is 0. The van der Waals surface area contributed by atoms with E-state index in [0.29, 0.717) is 17.5 Å². The zero-order valence-corrected chi connectivity index (χ0v) is 10.6. The van der Waals surface area contributed by atoms with Gasteiger partial charge in [-0.05, 0) is 43.1 Å². The highest BCUT2D eigenvalue weighted by Gasteiger charge is 2.38. The van der Waals surface area contributed by atoms with E-state index in [1.807, 2.05) is 24.3 Å². The van der Waals surface area contributed by atoms with Crippen molar-refractivity contribution >= 4 is 16.9 Å². The maximum absolute atomic E-state index is 12.3. The molecule has 2 saturated heterocycles. The summed E-state index contributed by atoms with van der Waals surface area (Å²) in [5, 5.41) is 4.15. The molecule has 1 amide bonds. The Morgan fingerprint density at radius 3 is 3.05 bits per heavy atom. The van der Waals surface area contributed by atoms with Crippen LogP contribution >= 0.6 is 0 Å². The predicted molar refractivity (Wildman–Crippen MR) is 72.0 cm³/mol. The summed E-state index contributed by atoms with van der Waals surface area (Å²) in [5.41, 5.74) is 1.54. The first-order chi connectivity index (χ1) is 9.29. The normalized spacial score (nSPS) is 28.9. The van der Waals surface area contributed by atoms with Crippen LogP contribution in [0.1, 0.15) is 16.8 Å². The van der Waals surface area contributed by atoms with Crippen molar-refractivity contribution in [2.45, 2.75) is 12.5 Å². The molecule has 1 aromatic heterocycles. The van der Waals surface area contributed by atoms with Crippen LogP contribution in [0.3, 0.4) is 0 Å². The average molecular weight is 256 g/mol. The smallest absolute Gasteiger partial charge is 0.251 e. The summed E-state index contributed by atoms with van der Waals surface area (Å²) in [6, 6.07) is 7.78. The quantitative estimate of drug-likeness (QED) is 0.892. The highest BCUT2D eigenvalue weighted by molar-refractivity contribution is 5.97. The summed E-state index contributed by atoms with van der Waals surface area (Å²) in [7, 11) is 0. The third-order valence-electron chi connectivity index (χ3n) is 4.36. The third kappa shape index (κ3) is 1.83. The van der Waals surface area contributed by atoms with Crippen molar-refractivity contribution in [3.8, 4) is 0 Å². The van der Waals surface area contributed by atoms with E-state index in [2.05, 4.69) is 10.2 Å². The maximum atomic E-state index is 12.3. The number of furan rings is 1. The fourth-order valence-electron chi connectivity index (χ4n) is 3.31. The van der Waals surface area contributed by atoms with Crippen molar-refractivity contribution in [3.63, 3.8) is 0 Å². The second-order valence-corrected chi connectivity index (χ2v) is 5.56. The van der Waals surface area contributed by atoms with Crippen LogP contribution in [0, 0.1) is 5.92 Å². The molecule has 2 aliphatic rings. The molecule has 4 nitrogen and oxygen atoms in total. The topological polar surface area (TPSA) is 45.5 Å². The van der Waals surface area contributed by atoms with Crippen LogP contribution in [-0.4, -0.2) is 36.5 Å². The summed E-state index contributed by atoms with van der Waals surface area (Å²) in [5.74, 6) is 0.670. The van der Waals surface area contributed by atoms with E-state index in [0.717, 1.165) is 24.1 Å². The van der Waals surface area contributed by atoms with Crippen LogP contribution in [0.25, 0.3) is 11.0 Å². The molecular formula is C15H16N2O2. The first-order valence-electron chi connectivity index (χ1n) is 6.80. The minimum Gasteiger partial charge on any atom is -0.464 e. The van der Waals surface area contributed by atoms with Crippen molar-refractivity contribution in [2.75, 3.05) is 19.6 Å². The van der Waals surface area contributed by atoms with Crippen molar-refractivity contribution in [1.82, 2.24) is 10.2 Å². The molecule has 0 spiro atoms. The number of hydrogen-bond acceptors (Lipinski definition) is 3. The molecule has 19 heavy (non-hydrogen) atoms. The van der Waals surface area contributed by atoms with Crippen LogP contribution < -0.4 is 5.32 Å². The van der Waals surface area contributed by atoms with E-state index < -0.39 is 0 Å². The molecular weight excluding hydrogens is 240 g/mol. The Balaban J connectivity index is 1.53. The Labute approximate surface area is 111 Å². The fraction of sp³-hybridized carbons (Fsp3) is 0.400. The Kier molecular flexibility index (Phi) is 2.38. The fourth-order valence-corrected chi connectivity index (χ4v) is 3.31. The van der Waals surface area contributed by atoms with Gasteiger partial charge >= 0.3 is 0 Å². The summed E-state index contributed by atoms with van der Waals surface area (Å²) in [6.07, 6.45) is 2.86. The molecule has 4 heteroatoms. The van der Waals surface area contributed by atoms with E-state index in [9.17, 15) is 4.79 Å². The average Bonchev–Trinajstić information content (AvgIpc) is 3.13. The van der Waals surface area contributed by atoms with Gasteiger partial charge in [0.15, 0.2) is 0 Å². The van der Waals surface area contributed by atoms with E-state index in [4.69, 9.17) is 4.42 Å². The highest BCUT2D eigenvalue weighted by atomic mass is 16.3. The number of benzene rings is 1. The SMILES string of the molecule is O=C(NC1CN2CCC1C2)c1ccc2occc2c1. The lowest BCUT2D eigenvalue weighted by molar-refractivity contribution is 0.0924. The lowest BCUT2D eigenvalue weighted by Gasteiger charge is -2.23. The highest BCUT2D eigenvalue weighted by Crippen LogP contribution is 2.28. The monoisotopic (exact) mass is 256 g/mol. The molecule has 3 unspecified atom stereocenters. The Morgan fingerprint density at radius 1 is 1.32 bits per heavy atom. The van der Waals surface area contributed by atoms with Crippen molar-refractivity contribution in [2.24, 2.45) is 5.92 Å². The molecule has 0 saturated carbocycles. The van der Waals surface area contributed by atoms with Gasteiger partial charge < -0.3 is 14.6 Å². The molecule has 98 valence electrons. The molecule has 3 atom stereocenters. The van der Waals surface area contributed by atoms with Gasteiger partial charge in [-0.3, -0.25) is 4.79 Å². The second-order valence-electron chi connectivity index (χ2n) is 5.56. The zero-order chi connectivity index (χ0) is 12.8. The third-order valence-corrected chi connectivity index (χ3v) is 4.36. The lowest BCUT2D eigenvalue weighted by Crippen LogP contribution is -2.43. The number of nitrogens with zero attached hydrogens (tertiary/aromatic N) is 1. The van der Waals surface area contributed by atoms with Crippen LogP contribution in [0.4, 0.5) is 0 Å². The first kappa shape index (κ1) is 11.1. The molecule has 1 N–H and O–H groups in total. The van der Waals surface area contributed by atoms with E-state index in [1.54, 1.807) is 6.26 Å². The molecule has 1 aromatic carbocycles. The largest absolute Gasteiger partial charge is 0.464 e. The summed E-state index contributed by atoms with van der Waals surface area (Å²) in [6.45, 7) is 3.34. The Bertz CT molecular complexity index is 634. The van der Waals surface area contributed by atoms with Crippen LogP contribution in [0.15, 0.2) is 34.9 Å². The maximum Gasteiger partial charge on any atom is 0.251 e. The number of carbonyl (C=O) groups excluding carboxylic acids is 1. The van der Waals surface area contributed by atoms with Crippen molar-refractivity contribution < 1.29 is 9.21 Å². The molecule has 2 fully saturated rings. The molecule has 3 heterocycles. The molecule has 4 rings (SSSR count). The van der Waals surface area contributed by atoms with Gasteiger partial charge in [-0.2, -0.15) is 0 Å². The van der Waals surface area contributed by atoms with Gasteiger partial charge in [-0.15, -0.1) is 0 Å². The number of carbonyl (C=O) groups is 1. The van der Waals surface area contributed by atoms with Gasteiger partial charge in [0.2, 0.25) is 0 Å². The van der Waals surface area contributed by atoms with Gasteiger partial charge in [0.25, 0.3) is 5.91 Å². The van der Waals surface area contributed by atoms with Gasteiger partial charge in [0.05, 0.1) is 6.26 Å². The Hall–Kier alpha value is -1.81. The zero-order valence-electron chi connectivity index (χ0n) is 10.6. The van der Waals surface area contributed by atoms with Crippen molar-refractivity contribution in [1.29, 1.82) is 0 Å². The minimum absolute atomic E-state index is 0.0295. The number of amides is 1. The lowest BCUT2D eigenvalue weighted by atomic mass is 9.99. The molecule has 2 aliphatic heterocycles. The van der Waals surface area contributed by atoms with Gasteiger partial charge in [0.1, 0.15) is 5.58 Å². The molecule has 2 bridgehead atoms. The Morgan fingerprint density at radius 2 is 2.26 bits per heavy atom. The van der Waals surface area contributed by atoms with E-state index in [-0.39, 0.29) is 5.91 Å². The number of nitrogens with one attached hydrogen (secondary N) is 1. The molecule has 0 aliphatic carbocycles. The molecule has 0 radical (unpaired) electrons. The summed E-state index contributed by atoms with van der Waals surface area (Å²) < 4.78 is 5.29. The van der Waals surface area contributed by atoms with Crippen LogP contribution in [-0.2, 0) is 0 Å². The summed E-state index contributed by atoms with van der Waals surface area (Å²) in [4.78, 5) is 14.7. The number of fused-ring (bicyclic) bond motifs is 3. The number of rotatable bonds is 2. The van der Waals surface area contributed by atoms with Gasteiger partial charge in [-0.25, -0.2) is 0 Å². The van der Waals surface area contributed by atoms with E-state index in [1.165, 1.54) is 13.0 Å². The van der Waals surface area contributed by atoms with E-state index >= 15 is 0 Å². The van der Waals surface area contributed by atoms with Crippen molar-refractivity contribution in [3.05, 3.63) is 36.1 Å². The molecule has 2 aromatic rings. The van der Waals surface area contributed by atoms with Gasteiger partial charge in [0, 0.05) is 30.1 Å². The predicted octanol–water partition coefficient (Wildman–Crippen LogP) is 1.87. The van der Waals surface area contributed by atoms with Crippen LogP contribution in [0.2, 0.25) is 0 Å². The number of hydrogen-bond donors (Lipinski definition) is 1. The standard InChI is InChI=1S/C15H16N2O2/c18-15(16-13-9-17-5-3-12(13)8-17)11-1-2-14-10(7-11)4-6-19-14/h1-2,4,6-7,12-13H,3,5,8-9H2,(H,16,18). The first-order valence-corrected chi connectivity index (χ1v) is 6.80.